The van der Waals surface area contributed by atoms with Crippen LogP contribution in [0.1, 0.15) is 72.4 Å². The topological polar surface area (TPSA) is 93.2 Å². The minimum absolute atomic E-state index is 0.00289. The van der Waals surface area contributed by atoms with Gasteiger partial charge in [-0.25, -0.2) is 14.4 Å². The Labute approximate surface area is 328 Å². The Morgan fingerprint density at radius 1 is 0.946 bits per heavy atom. The molecule has 1 spiro atoms. The fraction of sp³-hybridized carbons (Fsp3) is 0.378. The van der Waals surface area contributed by atoms with Gasteiger partial charge in [0.05, 0.1) is 36.7 Å². The van der Waals surface area contributed by atoms with Gasteiger partial charge >= 0.3 is 0 Å². The third-order valence-corrected chi connectivity index (χ3v) is 11.3. The summed E-state index contributed by atoms with van der Waals surface area (Å²) >= 11 is 0. The number of pyridine rings is 1. The van der Waals surface area contributed by atoms with Gasteiger partial charge in [-0.1, -0.05) is 60.7 Å². The van der Waals surface area contributed by atoms with Gasteiger partial charge in [-0.3, -0.25) is 14.7 Å². The number of hydrogen-bond donors (Lipinski definition) is 0. The van der Waals surface area contributed by atoms with Crippen molar-refractivity contribution < 1.29 is 23.4 Å². The van der Waals surface area contributed by atoms with E-state index in [1.807, 2.05) is 51.2 Å². The molecule has 0 N–H and O–H groups in total. The van der Waals surface area contributed by atoms with E-state index in [0.29, 0.717) is 31.3 Å². The summed E-state index contributed by atoms with van der Waals surface area (Å²) in [6.07, 6.45) is 7.75. The van der Waals surface area contributed by atoms with Crippen molar-refractivity contribution in [3.05, 3.63) is 137 Å². The zero-order chi connectivity index (χ0) is 38.6. The maximum absolute atomic E-state index is 14.4. The van der Waals surface area contributed by atoms with E-state index in [2.05, 4.69) is 62.2 Å². The quantitative estimate of drug-likeness (QED) is 0.112. The van der Waals surface area contributed by atoms with Crippen LogP contribution in [-0.2, 0) is 24.3 Å². The molecule has 1 amide bonds. The molecule has 0 bridgehead atoms. The second-order valence-corrected chi connectivity index (χ2v) is 15.5. The largest absolute Gasteiger partial charge is 0.490 e. The Morgan fingerprint density at radius 3 is 2.43 bits per heavy atom. The fourth-order valence-electron chi connectivity index (χ4n) is 8.54. The van der Waals surface area contributed by atoms with Gasteiger partial charge in [0.25, 0.3) is 5.91 Å². The van der Waals surface area contributed by atoms with Crippen LogP contribution in [0.4, 0.5) is 10.2 Å². The Kier molecular flexibility index (Phi) is 11.0. The Morgan fingerprint density at radius 2 is 1.70 bits per heavy atom. The van der Waals surface area contributed by atoms with E-state index in [1.54, 1.807) is 11.1 Å². The van der Waals surface area contributed by atoms with E-state index in [0.717, 1.165) is 68.0 Å². The molecule has 5 aromatic rings. The molecule has 1 atom stereocenters. The van der Waals surface area contributed by atoms with Crippen LogP contribution in [0.25, 0.3) is 0 Å². The maximum atomic E-state index is 14.4. The van der Waals surface area contributed by atoms with Gasteiger partial charge in [-0.2, -0.15) is 0 Å². The Bertz CT molecular complexity index is 2120. The minimum atomic E-state index is -0.500. The van der Waals surface area contributed by atoms with Gasteiger partial charge < -0.3 is 24.0 Å². The lowest BCUT2D eigenvalue weighted by atomic mass is 9.61. The molecular formula is C45H49FN6O4. The maximum Gasteiger partial charge on any atom is 0.257 e. The molecule has 1 aliphatic carbocycles. The first-order valence-corrected chi connectivity index (χ1v) is 19.7. The highest BCUT2D eigenvalue weighted by Gasteiger charge is 2.54. The van der Waals surface area contributed by atoms with Crippen molar-refractivity contribution in [2.45, 2.75) is 71.4 Å². The minimum Gasteiger partial charge on any atom is -0.490 e. The molecule has 1 unspecified atom stereocenters. The third kappa shape index (κ3) is 7.97. The molecule has 8 rings (SSSR count). The standard InChI is InChI=1S/C45H49FN6O4/c1-4-52(31(2)3)44(53)36-21-34(46)15-16-39(36)56-41-24-47-30-49-43(41)51-28-45(29-51)22-35(23-45)55-40-17-19-48-37-18-20-50(25-32-11-7-5-8-12-32)38(42(37)40)27-54-26-33-13-9-6-10-14-33/h5-17,19,21,24,30-31,35,38H,4,18,20,22-23,25-29H2,1-3H3. The molecule has 11 heteroatoms. The number of rotatable bonds is 14. The van der Waals surface area contributed by atoms with Gasteiger partial charge in [0.15, 0.2) is 11.6 Å². The van der Waals surface area contributed by atoms with Gasteiger partial charge in [-0.15, -0.1) is 0 Å². The van der Waals surface area contributed by atoms with Crippen molar-refractivity contribution in [1.29, 1.82) is 0 Å². The van der Waals surface area contributed by atoms with Crippen molar-refractivity contribution in [2.24, 2.45) is 5.41 Å². The average Bonchev–Trinajstić information content (AvgIpc) is 3.18. The van der Waals surface area contributed by atoms with Crippen LogP contribution >= 0.6 is 0 Å². The predicted octanol–water partition coefficient (Wildman–Crippen LogP) is 8.04. The summed E-state index contributed by atoms with van der Waals surface area (Å²) in [6, 6.07) is 26.9. The zero-order valence-electron chi connectivity index (χ0n) is 32.3. The molecule has 10 nitrogen and oxygen atoms in total. The van der Waals surface area contributed by atoms with Gasteiger partial charge in [-0.05, 0) is 69.0 Å². The van der Waals surface area contributed by atoms with Crippen molar-refractivity contribution in [3.8, 4) is 17.2 Å². The number of fused-ring (bicyclic) bond motifs is 1. The summed E-state index contributed by atoms with van der Waals surface area (Å²) in [5.41, 5.74) is 4.91. The van der Waals surface area contributed by atoms with Crippen LogP contribution < -0.4 is 14.4 Å². The van der Waals surface area contributed by atoms with Crippen molar-refractivity contribution in [1.82, 2.24) is 24.8 Å². The molecule has 3 aromatic carbocycles. The summed E-state index contributed by atoms with van der Waals surface area (Å²) in [5.74, 6) is 1.45. The lowest BCUT2D eigenvalue weighted by Crippen LogP contribution is -2.65. The number of benzene rings is 3. The first-order chi connectivity index (χ1) is 27.3. The molecule has 56 heavy (non-hydrogen) atoms. The summed E-state index contributed by atoms with van der Waals surface area (Å²) in [4.78, 5) is 33.5. The van der Waals surface area contributed by atoms with Crippen molar-refractivity contribution in [3.63, 3.8) is 0 Å². The molecule has 0 radical (unpaired) electrons. The highest BCUT2D eigenvalue weighted by Crippen LogP contribution is 2.52. The predicted molar refractivity (Wildman–Crippen MR) is 212 cm³/mol. The van der Waals surface area contributed by atoms with E-state index in [4.69, 9.17) is 19.2 Å². The second-order valence-electron chi connectivity index (χ2n) is 15.5. The zero-order valence-corrected chi connectivity index (χ0v) is 32.3. The number of anilines is 1. The Balaban J connectivity index is 0.944. The second kappa shape index (κ2) is 16.4. The summed E-state index contributed by atoms with van der Waals surface area (Å²) < 4.78 is 34.0. The lowest BCUT2D eigenvalue weighted by Gasteiger charge is -2.59. The van der Waals surface area contributed by atoms with Gasteiger partial charge in [0, 0.05) is 62.4 Å². The van der Waals surface area contributed by atoms with Crippen molar-refractivity contribution >= 4 is 11.7 Å². The highest BCUT2D eigenvalue weighted by molar-refractivity contribution is 5.97. The number of halogens is 1. The van der Waals surface area contributed by atoms with E-state index in [-0.39, 0.29) is 40.8 Å². The van der Waals surface area contributed by atoms with E-state index < -0.39 is 5.82 Å². The summed E-state index contributed by atoms with van der Waals surface area (Å²) in [5, 5.41) is 0. The number of amides is 1. The first kappa shape index (κ1) is 37.5. The van der Waals surface area contributed by atoms with E-state index >= 15 is 0 Å². The van der Waals surface area contributed by atoms with Crippen molar-refractivity contribution in [2.75, 3.05) is 37.7 Å². The van der Waals surface area contributed by atoms with Crippen LogP contribution in [0.15, 0.2) is 104 Å². The molecule has 2 fully saturated rings. The number of hydrogen-bond acceptors (Lipinski definition) is 9. The molecular weight excluding hydrogens is 708 g/mol. The Hall–Kier alpha value is -5.39. The monoisotopic (exact) mass is 756 g/mol. The highest BCUT2D eigenvalue weighted by atomic mass is 19.1. The van der Waals surface area contributed by atoms with Gasteiger partial charge in [0.2, 0.25) is 0 Å². The SMILES string of the molecule is CCN(C(=O)c1cc(F)ccc1Oc1cncnc1N1CC2(CC(Oc3ccnc4c3C(COCc3ccccc3)N(Cc3ccccc3)CC4)C2)C1)C(C)C. The number of carbonyl (C=O) groups is 1. The molecule has 4 heterocycles. The summed E-state index contributed by atoms with van der Waals surface area (Å²) in [6.45, 7) is 10.6. The number of nitrogens with zero attached hydrogens (tertiary/aromatic N) is 6. The normalized spacial score (nSPS) is 17.6. The summed E-state index contributed by atoms with van der Waals surface area (Å²) in [7, 11) is 0. The van der Waals surface area contributed by atoms with Crippen LogP contribution in [0.5, 0.6) is 17.2 Å². The number of ether oxygens (including phenoxy) is 3. The fourth-order valence-corrected chi connectivity index (χ4v) is 8.54. The molecule has 1 saturated carbocycles. The van der Waals surface area contributed by atoms with Crippen LogP contribution in [-0.4, -0.2) is 75.6 Å². The number of carbonyl (C=O) groups excluding carboxylic acids is 1. The molecule has 3 aliphatic rings. The van der Waals surface area contributed by atoms with Crippen LogP contribution in [0, 0.1) is 11.2 Å². The molecule has 2 aliphatic heterocycles. The smallest absolute Gasteiger partial charge is 0.257 e. The molecule has 1 saturated heterocycles. The third-order valence-electron chi connectivity index (χ3n) is 11.3. The average molecular weight is 757 g/mol. The van der Waals surface area contributed by atoms with E-state index in [1.165, 1.54) is 30.1 Å². The van der Waals surface area contributed by atoms with Crippen LogP contribution in [0.2, 0.25) is 0 Å². The molecule has 290 valence electrons. The molecule has 2 aromatic heterocycles. The van der Waals surface area contributed by atoms with Gasteiger partial charge in [0.1, 0.15) is 29.7 Å². The first-order valence-electron chi connectivity index (χ1n) is 19.7. The van der Waals surface area contributed by atoms with Crippen LogP contribution in [0.3, 0.4) is 0 Å². The number of aromatic nitrogens is 3. The van der Waals surface area contributed by atoms with E-state index in [9.17, 15) is 9.18 Å². The lowest BCUT2D eigenvalue weighted by molar-refractivity contribution is -0.0366.